The van der Waals surface area contributed by atoms with Crippen molar-refractivity contribution in [3.8, 4) is 0 Å². The lowest BCUT2D eigenvalue weighted by Gasteiger charge is -2.04. The van der Waals surface area contributed by atoms with Gasteiger partial charge >= 0.3 is 5.97 Å². The normalized spacial score (nSPS) is 16.1. The maximum atomic E-state index is 10.4. The van der Waals surface area contributed by atoms with E-state index in [1.165, 1.54) is 0 Å². The molecule has 0 aliphatic carbocycles. The highest BCUT2D eigenvalue weighted by Gasteiger charge is 2.25. The van der Waals surface area contributed by atoms with E-state index in [1.807, 2.05) is 7.05 Å². The summed E-state index contributed by atoms with van der Waals surface area (Å²) in [6, 6.07) is 0. The topological polar surface area (TPSA) is 66.6 Å². The van der Waals surface area contributed by atoms with E-state index in [0.717, 1.165) is 24.3 Å². The van der Waals surface area contributed by atoms with Crippen molar-refractivity contribution in [1.82, 2.24) is 10.1 Å². The average molecular weight is 182 g/mol. The second-order valence-electron chi connectivity index (χ2n) is 3.27. The van der Waals surface area contributed by atoms with Crippen LogP contribution in [0.15, 0.2) is 4.52 Å². The Morgan fingerprint density at radius 3 is 3.15 bits per heavy atom. The van der Waals surface area contributed by atoms with Gasteiger partial charge in [-0.2, -0.15) is 0 Å². The monoisotopic (exact) mass is 182 g/mol. The summed E-state index contributed by atoms with van der Waals surface area (Å²) < 4.78 is 4.94. The molecule has 5 heteroatoms. The molecule has 0 radical (unpaired) electrons. The number of hydrogen-bond donors (Lipinski definition) is 1. The number of fused-ring (bicyclic) bond motifs is 1. The van der Waals surface area contributed by atoms with Gasteiger partial charge in [-0.1, -0.05) is 5.16 Å². The molecular weight excluding hydrogens is 172 g/mol. The van der Waals surface area contributed by atoms with Crippen LogP contribution in [0.25, 0.3) is 0 Å². The summed E-state index contributed by atoms with van der Waals surface area (Å²) in [4.78, 5) is 12.5. The van der Waals surface area contributed by atoms with Crippen LogP contribution in [0.3, 0.4) is 0 Å². The third-order valence-electron chi connectivity index (χ3n) is 2.11. The quantitative estimate of drug-likeness (QED) is 0.710. The van der Waals surface area contributed by atoms with E-state index >= 15 is 0 Å². The fourth-order valence-corrected chi connectivity index (χ4v) is 1.54. The highest BCUT2D eigenvalue weighted by Crippen LogP contribution is 2.24. The first-order valence-corrected chi connectivity index (χ1v) is 4.03. The van der Waals surface area contributed by atoms with Crippen molar-refractivity contribution in [1.29, 1.82) is 0 Å². The van der Waals surface area contributed by atoms with Gasteiger partial charge in [-0.05, 0) is 7.05 Å². The molecule has 0 atom stereocenters. The first-order chi connectivity index (χ1) is 6.16. The minimum Gasteiger partial charge on any atom is -0.481 e. The molecule has 1 aliphatic heterocycles. The molecule has 70 valence electrons. The van der Waals surface area contributed by atoms with E-state index in [0.29, 0.717) is 5.76 Å². The van der Waals surface area contributed by atoms with E-state index < -0.39 is 5.97 Å². The van der Waals surface area contributed by atoms with Crippen molar-refractivity contribution in [2.24, 2.45) is 0 Å². The summed E-state index contributed by atoms with van der Waals surface area (Å²) >= 11 is 0. The van der Waals surface area contributed by atoms with Gasteiger partial charge < -0.3 is 9.63 Å². The summed E-state index contributed by atoms with van der Waals surface area (Å²) in [7, 11) is 1.96. The number of hydrogen-bond acceptors (Lipinski definition) is 4. The second kappa shape index (κ2) is 2.85. The Morgan fingerprint density at radius 1 is 1.69 bits per heavy atom. The van der Waals surface area contributed by atoms with E-state index in [1.54, 1.807) is 0 Å². The zero-order chi connectivity index (χ0) is 9.42. The largest absolute Gasteiger partial charge is 0.481 e. The van der Waals surface area contributed by atoms with Crippen molar-refractivity contribution in [3.05, 3.63) is 17.0 Å². The summed E-state index contributed by atoms with van der Waals surface area (Å²) in [6.45, 7) is 1.49. The summed E-state index contributed by atoms with van der Waals surface area (Å²) in [6.07, 6.45) is -0.0732. The number of carboxylic acid groups (broad SMARTS) is 1. The average Bonchev–Trinajstić information content (AvgIpc) is 2.51. The lowest BCUT2D eigenvalue weighted by atomic mass is 10.2. The van der Waals surface area contributed by atoms with Crippen LogP contribution in [0, 0.1) is 0 Å². The van der Waals surface area contributed by atoms with Gasteiger partial charge in [0.1, 0.15) is 12.1 Å². The lowest BCUT2D eigenvalue weighted by molar-refractivity contribution is -0.136. The smallest absolute Gasteiger partial charge is 0.311 e. The van der Waals surface area contributed by atoms with Gasteiger partial charge in [0.05, 0.1) is 0 Å². The third-order valence-corrected chi connectivity index (χ3v) is 2.11. The van der Waals surface area contributed by atoms with Crippen LogP contribution in [0.4, 0.5) is 0 Å². The van der Waals surface area contributed by atoms with Crippen LogP contribution in [-0.4, -0.2) is 28.2 Å². The fourth-order valence-electron chi connectivity index (χ4n) is 1.54. The predicted octanol–water partition coefficient (Wildman–Crippen LogP) is 0.247. The molecule has 0 unspecified atom stereocenters. The highest BCUT2D eigenvalue weighted by atomic mass is 16.5. The van der Waals surface area contributed by atoms with Gasteiger partial charge in [-0.25, -0.2) is 0 Å². The van der Waals surface area contributed by atoms with Gasteiger partial charge in [0.25, 0.3) is 0 Å². The first-order valence-electron chi connectivity index (χ1n) is 4.03. The molecule has 5 nitrogen and oxygen atoms in total. The highest BCUT2D eigenvalue weighted by molar-refractivity contribution is 5.69. The molecule has 1 N–H and O–H groups in total. The molecule has 0 amide bonds. The van der Waals surface area contributed by atoms with Crippen molar-refractivity contribution in [3.63, 3.8) is 0 Å². The zero-order valence-electron chi connectivity index (χ0n) is 7.28. The van der Waals surface area contributed by atoms with Crippen molar-refractivity contribution >= 4 is 5.97 Å². The second-order valence-corrected chi connectivity index (χ2v) is 3.27. The van der Waals surface area contributed by atoms with E-state index in [9.17, 15) is 4.79 Å². The van der Waals surface area contributed by atoms with Crippen LogP contribution in [0.2, 0.25) is 0 Å². The Kier molecular flexibility index (Phi) is 1.81. The summed E-state index contributed by atoms with van der Waals surface area (Å²) in [5.74, 6) is -0.389. The number of aromatic nitrogens is 1. The molecule has 0 saturated heterocycles. The molecule has 0 saturated carbocycles. The first kappa shape index (κ1) is 8.25. The number of carbonyl (C=O) groups is 1. The maximum Gasteiger partial charge on any atom is 0.311 e. The third kappa shape index (κ3) is 1.42. The Morgan fingerprint density at radius 2 is 2.46 bits per heavy atom. The number of carboxylic acids is 1. The summed E-state index contributed by atoms with van der Waals surface area (Å²) in [5, 5.41) is 12.4. The Labute approximate surface area is 74.9 Å². The molecule has 0 fully saturated rings. The number of rotatable bonds is 2. The summed E-state index contributed by atoms with van der Waals surface area (Å²) in [5.41, 5.74) is 1.82. The van der Waals surface area contributed by atoms with E-state index in [-0.39, 0.29) is 6.42 Å². The van der Waals surface area contributed by atoms with Gasteiger partial charge in [-0.15, -0.1) is 0 Å². The number of aliphatic carboxylic acids is 1. The Bertz CT molecular complexity index is 345. The maximum absolute atomic E-state index is 10.4. The zero-order valence-corrected chi connectivity index (χ0v) is 7.28. The minimum absolute atomic E-state index is 0.0732. The van der Waals surface area contributed by atoms with E-state index in [4.69, 9.17) is 9.63 Å². The molecule has 0 spiro atoms. The van der Waals surface area contributed by atoms with Gasteiger partial charge in [0, 0.05) is 18.7 Å². The van der Waals surface area contributed by atoms with Crippen LogP contribution in [-0.2, 0) is 24.3 Å². The Balaban J connectivity index is 2.25. The predicted molar refractivity (Wildman–Crippen MR) is 43.0 cm³/mol. The SMILES string of the molecule is CN1Cc2noc(CC(=O)O)c2C1. The molecule has 2 heterocycles. The molecule has 1 aromatic heterocycles. The van der Waals surface area contributed by atoms with Gasteiger partial charge in [-0.3, -0.25) is 9.69 Å². The fraction of sp³-hybridized carbons (Fsp3) is 0.500. The minimum atomic E-state index is -0.881. The lowest BCUT2D eigenvalue weighted by Crippen LogP contribution is -2.09. The molecular formula is C8H10N2O3. The van der Waals surface area contributed by atoms with Crippen molar-refractivity contribution < 1.29 is 14.4 Å². The van der Waals surface area contributed by atoms with Crippen molar-refractivity contribution in [2.75, 3.05) is 7.05 Å². The van der Waals surface area contributed by atoms with Crippen LogP contribution < -0.4 is 0 Å². The molecule has 0 bridgehead atoms. The Hall–Kier alpha value is -1.36. The van der Waals surface area contributed by atoms with E-state index in [2.05, 4.69) is 10.1 Å². The molecule has 1 aliphatic rings. The molecule has 0 aromatic carbocycles. The van der Waals surface area contributed by atoms with Gasteiger partial charge in [0.2, 0.25) is 0 Å². The molecule has 13 heavy (non-hydrogen) atoms. The van der Waals surface area contributed by atoms with Crippen LogP contribution in [0.1, 0.15) is 17.0 Å². The molecule has 2 rings (SSSR count). The van der Waals surface area contributed by atoms with Gasteiger partial charge in [0.15, 0.2) is 5.76 Å². The van der Waals surface area contributed by atoms with Crippen molar-refractivity contribution in [2.45, 2.75) is 19.5 Å². The molecule has 1 aromatic rings. The van der Waals surface area contributed by atoms with Crippen LogP contribution in [0.5, 0.6) is 0 Å². The van der Waals surface area contributed by atoms with Crippen LogP contribution >= 0.6 is 0 Å². The number of nitrogens with zero attached hydrogens (tertiary/aromatic N) is 2. The standard InChI is InChI=1S/C8H10N2O3/c1-10-3-5-6(4-10)9-13-7(5)2-8(11)12/h2-4H2,1H3,(H,11,12).